The number of halogens is 1. The number of aryl methyl sites for hydroxylation is 1. The van der Waals surface area contributed by atoms with Crippen LogP contribution >= 0.6 is 0 Å². The van der Waals surface area contributed by atoms with Crippen molar-refractivity contribution < 1.29 is 23.8 Å². The average Bonchev–Trinajstić information content (AvgIpc) is 3.53. The largest absolute Gasteiger partial charge is 0.438 e. The summed E-state index contributed by atoms with van der Waals surface area (Å²) in [6.07, 6.45) is 5.44. The number of carbonyl (C=O) groups is 2. The number of likely N-dealkylation sites (N-methyl/N-ethyl adjacent to an activating group) is 1. The quantitative estimate of drug-likeness (QED) is 0.172. The lowest BCUT2D eigenvalue weighted by molar-refractivity contribution is 0.0888. The Balaban J connectivity index is 1.06. The molecule has 10 nitrogen and oxygen atoms in total. The first-order valence-corrected chi connectivity index (χ1v) is 16.1. The number of pyridine rings is 2. The molecular weight excluding hydrogens is 611 g/mol. The average molecular weight is 651 g/mol. The summed E-state index contributed by atoms with van der Waals surface area (Å²) in [4.78, 5) is 36.9. The van der Waals surface area contributed by atoms with Crippen molar-refractivity contribution in [3.8, 4) is 22.8 Å². The van der Waals surface area contributed by atoms with Gasteiger partial charge in [0.2, 0.25) is 5.88 Å². The molecule has 3 heterocycles. The van der Waals surface area contributed by atoms with E-state index in [-0.39, 0.29) is 36.0 Å². The second-order valence-electron chi connectivity index (χ2n) is 12.3. The van der Waals surface area contributed by atoms with Gasteiger partial charge in [-0.1, -0.05) is 42.5 Å². The van der Waals surface area contributed by atoms with Gasteiger partial charge in [-0.15, -0.1) is 0 Å². The number of carbonyl (C=O) groups excluding carboxylic acids is 2. The highest BCUT2D eigenvalue weighted by Crippen LogP contribution is 2.29. The second-order valence-corrected chi connectivity index (χ2v) is 12.3. The third kappa shape index (κ3) is 7.87. The topological polar surface area (TPSA) is 121 Å². The number of ether oxygens (including phenoxy) is 1. The summed E-state index contributed by atoms with van der Waals surface area (Å²) >= 11 is 0. The van der Waals surface area contributed by atoms with Gasteiger partial charge < -0.3 is 24.9 Å². The van der Waals surface area contributed by atoms with E-state index < -0.39 is 11.7 Å². The molecule has 1 saturated carbocycles. The molecule has 1 aliphatic carbocycles. The minimum Gasteiger partial charge on any atom is -0.438 e. The Morgan fingerprint density at radius 3 is 2.38 bits per heavy atom. The van der Waals surface area contributed by atoms with Crippen LogP contribution in [0.15, 0.2) is 85.2 Å². The molecule has 0 aliphatic heterocycles. The minimum atomic E-state index is -0.639. The first-order chi connectivity index (χ1) is 23.2. The lowest BCUT2D eigenvalue weighted by atomic mass is 9.91. The first-order valence-electron chi connectivity index (χ1n) is 16.1. The fraction of sp³-hybridized carbons (Fsp3) is 0.297. The zero-order valence-electron chi connectivity index (χ0n) is 27.0. The molecule has 48 heavy (non-hydrogen) atoms. The molecule has 3 N–H and O–H groups in total. The first kappa shape index (κ1) is 32.8. The van der Waals surface area contributed by atoms with E-state index in [1.165, 1.54) is 0 Å². The van der Waals surface area contributed by atoms with Crippen molar-refractivity contribution in [2.45, 2.75) is 51.2 Å². The van der Waals surface area contributed by atoms with Crippen molar-refractivity contribution in [3.63, 3.8) is 0 Å². The Labute approximate surface area is 278 Å². The van der Waals surface area contributed by atoms with Crippen molar-refractivity contribution in [1.82, 2.24) is 29.9 Å². The van der Waals surface area contributed by atoms with Gasteiger partial charge in [0.25, 0.3) is 11.8 Å². The highest BCUT2D eigenvalue weighted by molar-refractivity contribution is 5.96. The molecule has 0 unspecified atom stereocenters. The third-order valence-corrected chi connectivity index (χ3v) is 8.66. The maximum atomic E-state index is 14.3. The molecule has 0 spiro atoms. The molecule has 0 atom stereocenters. The number of amides is 2. The molecule has 1 fully saturated rings. The Bertz CT molecular complexity index is 1900. The van der Waals surface area contributed by atoms with E-state index in [4.69, 9.17) is 9.84 Å². The summed E-state index contributed by atoms with van der Waals surface area (Å²) in [7, 11) is 1.96. The Morgan fingerprint density at radius 1 is 0.958 bits per heavy atom. The number of imidazole rings is 1. The van der Waals surface area contributed by atoms with Crippen LogP contribution in [0.25, 0.3) is 16.8 Å². The molecule has 6 rings (SSSR count). The third-order valence-electron chi connectivity index (χ3n) is 8.66. The van der Waals surface area contributed by atoms with E-state index in [0.717, 1.165) is 46.8 Å². The van der Waals surface area contributed by atoms with Crippen molar-refractivity contribution >= 4 is 17.5 Å². The van der Waals surface area contributed by atoms with Crippen molar-refractivity contribution in [2.75, 3.05) is 20.2 Å². The standard InChI is InChI=1S/C37H39FN6O4/c1-24-5-3-8-34-42-33(23-44(24)34)36(47)41-30-15-13-29(14-16-30)40-35(46)32-20-28(38)21-39-37(32)48-31-7-4-6-27(19-31)26-11-9-25(10-12-26)22-43(2)17-18-45/h3-12,19-21,23,29-30,45H,13-18,22H2,1-2H3,(H,40,46)(H,41,47)/t29-,30+. The van der Waals surface area contributed by atoms with E-state index in [2.05, 4.69) is 20.6 Å². The van der Waals surface area contributed by atoms with Crippen LogP contribution in [-0.2, 0) is 6.54 Å². The molecule has 5 aromatic rings. The van der Waals surface area contributed by atoms with E-state index in [1.54, 1.807) is 12.3 Å². The Morgan fingerprint density at radius 2 is 1.67 bits per heavy atom. The predicted molar refractivity (Wildman–Crippen MR) is 180 cm³/mol. The van der Waals surface area contributed by atoms with Gasteiger partial charge in [0.05, 0.1) is 12.8 Å². The molecule has 0 bridgehead atoms. The van der Waals surface area contributed by atoms with Crippen LogP contribution in [0.4, 0.5) is 4.39 Å². The lowest BCUT2D eigenvalue weighted by Gasteiger charge is -2.29. The van der Waals surface area contributed by atoms with Crippen molar-refractivity contribution in [3.05, 3.63) is 114 Å². The number of hydrogen-bond donors (Lipinski definition) is 3. The number of nitrogens with zero attached hydrogens (tertiary/aromatic N) is 4. The molecule has 1 aliphatic rings. The zero-order valence-corrected chi connectivity index (χ0v) is 27.0. The zero-order chi connectivity index (χ0) is 33.6. The van der Waals surface area contributed by atoms with Crippen LogP contribution in [0, 0.1) is 12.7 Å². The van der Waals surface area contributed by atoms with Gasteiger partial charge >= 0.3 is 0 Å². The highest BCUT2D eigenvalue weighted by Gasteiger charge is 2.26. The summed E-state index contributed by atoms with van der Waals surface area (Å²) in [5.74, 6) is -0.857. The number of rotatable bonds is 11. The smallest absolute Gasteiger partial charge is 0.271 e. The minimum absolute atomic E-state index is 0.00863. The van der Waals surface area contributed by atoms with Crippen molar-refractivity contribution in [2.24, 2.45) is 0 Å². The molecule has 2 aromatic carbocycles. The van der Waals surface area contributed by atoms with Gasteiger partial charge in [-0.3, -0.25) is 14.5 Å². The molecule has 3 aromatic heterocycles. The van der Waals surface area contributed by atoms with E-state index in [9.17, 15) is 14.0 Å². The van der Waals surface area contributed by atoms with Crippen LogP contribution < -0.4 is 15.4 Å². The van der Waals surface area contributed by atoms with Crippen LogP contribution in [0.3, 0.4) is 0 Å². The van der Waals surface area contributed by atoms with Gasteiger partial charge in [-0.05, 0) is 86.7 Å². The SMILES string of the molecule is Cc1cccc2nc(C(=O)N[C@H]3CC[C@@H](NC(=O)c4cc(F)cnc4Oc4cccc(-c5ccc(CN(C)CCO)cc5)c4)CC3)cn12. The molecular formula is C37H39FN6O4. The fourth-order valence-electron chi connectivity index (χ4n) is 6.05. The predicted octanol–water partition coefficient (Wildman–Crippen LogP) is 5.53. The fourth-order valence-corrected chi connectivity index (χ4v) is 6.05. The maximum absolute atomic E-state index is 14.3. The highest BCUT2D eigenvalue weighted by atomic mass is 19.1. The summed E-state index contributed by atoms with van der Waals surface area (Å²) in [6.45, 7) is 3.40. The molecule has 11 heteroatoms. The van der Waals surface area contributed by atoms with Crippen molar-refractivity contribution in [1.29, 1.82) is 0 Å². The van der Waals surface area contributed by atoms with Gasteiger partial charge in [0.15, 0.2) is 0 Å². The monoisotopic (exact) mass is 650 g/mol. The number of aliphatic hydroxyl groups excluding tert-OH is 1. The summed E-state index contributed by atoms with van der Waals surface area (Å²) in [5.41, 5.74) is 5.12. The lowest BCUT2D eigenvalue weighted by Crippen LogP contribution is -2.44. The van der Waals surface area contributed by atoms with Gasteiger partial charge in [-0.25, -0.2) is 14.4 Å². The number of nitrogens with one attached hydrogen (secondary N) is 2. The normalized spacial score (nSPS) is 16.2. The Hall–Kier alpha value is -5.13. The molecule has 248 valence electrons. The van der Waals surface area contributed by atoms with E-state index in [0.29, 0.717) is 43.7 Å². The van der Waals surface area contributed by atoms with Gasteiger partial charge in [-0.2, -0.15) is 0 Å². The van der Waals surface area contributed by atoms with Crippen LogP contribution in [0.2, 0.25) is 0 Å². The van der Waals surface area contributed by atoms with E-state index in [1.807, 2.05) is 83.9 Å². The Kier molecular flexibility index (Phi) is 10.1. The van der Waals surface area contributed by atoms with Gasteiger partial charge in [0.1, 0.15) is 28.5 Å². The number of aromatic nitrogens is 3. The molecule has 0 radical (unpaired) electrons. The van der Waals surface area contributed by atoms with Crippen LogP contribution in [0.5, 0.6) is 11.6 Å². The second kappa shape index (κ2) is 14.7. The van der Waals surface area contributed by atoms with Crippen LogP contribution in [-0.4, -0.2) is 68.5 Å². The van der Waals surface area contributed by atoms with E-state index >= 15 is 0 Å². The number of hydrogen-bond acceptors (Lipinski definition) is 7. The molecule has 2 amide bonds. The maximum Gasteiger partial charge on any atom is 0.271 e. The summed E-state index contributed by atoms with van der Waals surface area (Å²) < 4.78 is 22.2. The summed E-state index contributed by atoms with van der Waals surface area (Å²) in [5, 5.41) is 15.2. The molecule has 0 saturated heterocycles. The van der Waals surface area contributed by atoms with Crippen LogP contribution in [0.1, 0.15) is 57.8 Å². The summed E-state index contributed by atoms with van der Waals surface area (Å²) in [6, 6.07) is 22.2. The van der Waals surface area contributed by atoms with Gasteiger partial charge in [0, 0.05) is 37.1 Å². The number of fused-ring (bicyclic) bond motifs is 1. The number of aliphatic hydroxyl groups is 1. The number of benzene rings is 2.